The molecule has 0 spiro atoms. The Morgan fingerprint density at radius 1 is 0.941 bits per heavy atom. The van der Waals surface area contributed by atoms with E-state index in [2.05, 4.69) is 49.4 Å². The van der Waals surface area contributed by atoms with Gasteiger partial charge in [0.25, 0.3) is 0 Å². The number of aryl methyl sites for hydroxylation is 1. The predicted molar refractivity (Wildman–Crippen MR) is 69.7 cm³/mol. The SMILES string of the molecule is Cc1ccc([C@H](CC#N)c2ccccc2)cc1. The molecule has 2 aromatic carbocycles. The van der Waals surface area contributed by atoms with Crippen LogP contribution in [0.1, 0.15) is 29.0 Å². The molecule has 2 rings (SSSR count). The molecule has 1 atom stereocenters. The molecular weight excluding hydrogens is 206 g/mol. The van der Waals surface area contributed by atoms with Gasteiger partial charge in [0.15, 0.2) is 0 Å². The normalized spacial score (nSPS) is 11.8. The minimum absolute atomic E-state index is 0.182. The fraction of sp³-hybridized carbons (Fsp3) is 0.188. The van der Waals surface area contributed by atoms with E-state index in [1.54, 1.807) is 0 Å². The van der Waals surface area contributed by atoms with Gasteiger partial charge in [-0.3, -0.25) is 0 Å². The van der Waals surface area contributed by atoms with Gasteiger partial charge in [0, 0.05) is 12.3 Å². The van der Waals surface area contributed by atoms with E-state index < -0.39 is 0 Å². The van der Waals surface area contributed by atoms with E-state index in [1.165, 1.54) is 16.7 Å². The maximum absolute atomic E-state index is 8.96. The molecular formula is C16H15N. The van der Waals surface area contributed by atoms with Gasteiger partial charge in [-0.1, -0.05) is 60.2 Å². The van der Waals surface area contributed by atoms with E-state index in [-0.39, 0.29) is 5.92 Å². The highest BCUT2D eigenvalue weighted by atomic mass is 14.3. The van der Waals surface area contributed by atoms with E-state index >= 15 is 0 Å². The summed E-state index contributed by atoms with van der Waals surface area (Å²) in [7, 11) is 0. The molecule has 0 saturated heterocycles. The zero-order valence-electron chi connectivity index (χ0n) is 9.93. The fourth-order valence-corrected chi connectivity index (χ4v) is 2.00. The first-order valence-electron chi connectivity index (χ1n) is 5.79. The number of rotatable bonds is 3. The standard InChI is InChI=1S/C16H15N/c1-13-7-9-15(10-8-13)16(11-12-17)14-5-3-2-4-6-14/h2-10,16H,11H2,1H3/t16-/m1/s1. The molecule has 0 aliphatic heterocycles. The Morgan fingerprint density at radius 3 is 2.12 bits per heavy atom. The van der Waals surface area contributed by atoms with Crippen molar-refractivity contribution in [1.29, 1.82) is 5.26 Å². The molecule has 0 aliphatic rings. The third kappa shape index (κ3) is 2.73. The van der Waals surface area contributed by atoms with E-state index in [9.17, 15) is 0 Å². The monoisotopic (exact) mass is 221 g/mol. The van der Waals surface area contributed by atoms with Crippen LogP contribution < -0.4 is 0 Å². The number of hydrogen-bond donors (Lipinski definition) is 0. The molecule has 1 heteroatoms. The molecule has 0 saturated carbocycles. The molecule has 0 fully saturated rings. The Hall–Kier alpha value is -2.07. The fourth-order valence-electron chi connectivity index (χ4n) is 2.00. The average molecular weight is 221 g/mol. The molecule has 0 amide bonds. The van der Waals surface area contributed by atoms with Crippen molar-refractivity contribution in [3.05, 3.63) is 71.3 Å². The summed E-state index contributed by atoms with van der Waals surface area (Å²) in [4.78, 5) is 0. The Labute approximate surface area is 102 Å². The van der Waals surface area contributed by atoms with Crippen molar-refractivity contribution in [2.45, 2.75) is 19.3 Å². The lowest BCUT2D eigenvalue weighted by atomic mass is 9.89. The molecule has 17 heavy (non-hydrogen) atoms. The smallest absolute Gasteiger partial charge is 0.0631 e. The molecule has 0 radical (unpaired) electrons. The first-order valence-corrected chi connectivity index (χ1v) is 5.79. The first-order chi connectivity index (χ1) is 8.31. The predicted octanol–water partition coefficient (Wildman–Crippen LogP) is 4.04. The van der Waals surface area contributed by atoms with Crippen LogP contribution in [0.25, 0.3) is 0 Å². The summed E-state index contributed by atoms with van der Waals surface area (Å²) in [5.41, 5.74) is 3.67. The number of nitrogens with zero attached hydrogens (tertiary/aromatic N) is 1. The minimum atomic E-state index is 0.182. The summed E-state index contributed by atoms with van der Waals surface area (Å²) in [6.07, 6.45) is 0.521. The van der Waals surface area contributed by atoms with Gasteiger partial charge in [-0.2, -0.15) is 5.26 Å². The Bertz CT molecular complexity index is 505. The van der Waals surface area contributed by atoms with E-state index in [0.717, 1.165) is 0 Å². The topological polar surface area (TPSA) is 23.8 Å². The lowest BCUT2D eigenvalue weighted by Crippen LogP contribution is -2.00. The maximum Gasteiger partial charge on any atom is 0.0631 e. The highest BCUT2D eigenvalue weighted by Gasteiger charge is 2.12. The molecule has 0 bridgehead atoms. The zero-order valence-corrected chi connectivity index (χ0v) is 9.93. The molecule has 0 N–H and O–H groups in total. The van der Waals surface area contributed by atoms with Crippen LogP contribution in [0.3, 0.4) is 0 Å². The van der Waals surface area contributed by atoms with Gasteiger partial charge in [-0.15, -0.1) is 0 Å². The minimum Gasteiger partial charge on any atom is -0.198 e. The van der Waals surface area contributed by atoms with Crippen LogP contribution >= 0.6 is 0 Å². The zero-order chi connectivity index (χ0) is 12.1. The summed E-state index contributed by atoms with van der Waals surface area (Å²) in [5, 5.41) is 8.96. The maximum atomic E-state index is 8.96. The van der Waals surface area contributed by atoms with Crippen molar-refractivity contribution in [3.8, 4) is 6.07 Å². The summed E-state index contributed by atoms with van der Waals surface area (Å²) in [6, 6.07) is 20.9. The average Bonchev–Trinajstić information content (AvgIpc) is 2.38. The van der Waals surface area contributed by atoms with Crippen molar-refractivity contribution in [2.75, 3.05) is 0 Å². The summed E-state index contributed by atoms with van der Waals surface area (Å²) in [6.45, 7) is 2.07. The highest BCUT2D eigenvalue weighted by molar-refractivity contribution is 5.34. The lowest BCUT2D eigenvalue weighted by molar-refractivity contribution is 0.838. The van der Waals surface area contributed by atoms with Gasteiger partial charge in [-0.05, 0) is 18.1 Å². The van der Waals surface area contributed by atoms with Gasteiger partial charge in [0.05, 0.1) is 6.07 Å². The molecule has 2 aromatic rings. The van der Waals surface area contributed by atoms with Crippen LogP contribution in [0.4, 0.5) is 0 Å². The van der Waals surface area contributed by atoms with Gasteiger partial charge < -0.3 is 0 Å². The van der Waals surface area contributed by atoms with Gasteiger partial charge in [-0.25, -0.2) is 0 Å². The van der Waals surface area contributed by atoms with Crippen molar-refractivity contribution in [2.24, 2.45) is 0 Å². The summed E-state index contributed by atoms with van der Waals surface area (Å²) in [5.74, 6) is 0.182. The second-order valence-electron chi connectivity index (χ2n) is 4.24. The van der Waals surface area contributed by atoms with Crippen LogP contribution in [0.15, 0.2) is 54.6 Å². The van der Waals surface area contributed by atoms with Crippen molar-refractivity contribution in [3.63, 3.8) is 0 Å². The summed E-state index contributed by atoms with van der Waals surface area (Å²) >= 11 is 0. The molecule has 0 heterocycles. The Morgan fingerprint density at radius 2 is 1.53 bits per heavy atom. The first kappa shape index (κ1) is 11.4. The molecule has 84 valence electrons. The van der Waals surface area contributed by atoms with Crippen molar-refractivity contribution >= 4 is 0 Å². The molecule has 0 aliphatic carbocycles. The Kier molecular flexibility index (Phi) is 3.57. The highest BCUT2D eigenvalue weighted by Crippen LogP contribution is 2.27. The quantitative estimate of drug-likeness (QED) is 0.767. The van der Waals surface area contributed by atoms with Crippen LogP contribution in [0.5, 0.6) is 0 Å². The lowest BCUT2D eigenvalue weighted by Gasteiger charge is -2.14. The van der Waals surface area contributed by atoms with E-state index in [0.29, 0.717) is 6.42 Å². The number of benzene rings is 2. The van der Waals surface area contributed by atoms with E-state index in [4.69, 9.17) is 5.26 Å². The van der Waals surface area contributed by atoms with Crippen LogP contribution in [-0.2, 0) is 0 Å². The van der Waals surface area contributed by atoms with E-state index in [1.807, 2.05) is 18.2 Å². The van der Waals surface area contributed by atoms with Gasteiger partial charge in [0.2, 0.25) is 0 Å². The molecule has 0 unspecified atom stereocenters. The third-order valence-electron chi connectivity index (χ3n) is 2.98. The second kappa shape index (κ2) is 5.32. The molecule has 1 nitrogen and oxygen atoms in total. The van der Waals surface area contributed by atoms with Crippen LogP contribution in [0, 0.1) is 18.3 Å². The number of nitriles is 1. The van der Waals surface area contributed by atoms with Crippen LogP contribution in [-0.4, -0.2) is 0 Å². The number of hydrogen-bond acceptors (Lipinski definition) is 1. The molecule has 0 aromatic heterocycles. The van der Waals surface area contributed by atoms with Crippen molar-refractivity contribution < 1.29 is 0 Å². The van der Waals surface area contributed by atoms with Crippen molar-refractivity contribution in [1.82, 2.24) is 0 Å². The van der Waals surface area contributed by atoms with Gasteiger partial charge >= 0.3 is 0 Å². The summed E-state index contributed by atoms with van der Waals surface area (Å²) < 4.78 is 0. The second-order valence-corrected chi connectivity index (χ2v) is 4.24. The van der Waals surface area contributed by atoms with Gasteiger partial charge in [0.1, 0.15) is 0 Å². The van der Waals surface area contributed by atoms with Crippen LogP contribution in [0.2, 0.25) is 0 Å². The largest absolute Gasteiger partial charge is 0.198 e. The Balaban J connectivity index is 2.36. The third-order valence-corrected chi connectivity index (χ3v) is 2.98.